The van der Waals surface area contributed by atoms with Crippen LogP contribution in [0.4, 0.5) is 0 Å². The van der Waals surface area contributed by atoms with Crippen molar-refractivity contribution in [1.82, 2.24) is 41.7 Å². The first-order valence-corrected chi connectivity index (χ1v) is 35.7. The summed E-state index contributed by atoms with van der Waals surface area (Å²) in [4.78, 5) is 27.8. The molecular formula is C68H153N19O. The minimum absolute atomic E-state index is 0.141. The lowest BCUT2D eigenvalue weighted by Gasteiger charge is -2.22. The van der Waals surface area contributed by atoms with Gasteiger partial charge in [0.25, 0.3) is 0 Å². The molecular weight excluding hydrogens is 1100 g/mol. The van der Waals surface area contributed by atoms with Crippen LogP contribution < -0.4 is 77.8 Å². The molecule has 0 aromatic rings. The Labute approximate surface area is 544 Å². The molecule has 0 atom stereocenters. The van der Waals surface area contributed by atoms with Gasteiger partial charge in [0.1, 0.15) is 0 Å². The van der Waals surface area contributed by atoms with E-state index in [1.54, 1.807) is 0 Å². The van der Waals surface area contributed by atoms with Crippen LogP contribution in [0.1, 0.15) is 271 Å². The third-order valence-electron chi connectivity index (χ3n) is 14.5. The molecule has 0 saturated carbocycles. The molecule has 0 aliphatic rings. The molecule has 0 aromatic carbocycles. The van der Waals surface area contributed by atoms with E-state index in [4.69, 9.17) is 45.9 Å². The summed E-state index contributed by atoms with van der Waals surface area (Å²) in [5.74, 6) is 1.96. The maximum absolute atomic E-state index is 12.0. The van der Waals surface area contributed by atoms with E-state index in [2.05, 4.69) is 80.8 Å². The second-order valence-corrected chi connectivity index (χ2v) is 23.9. The molecule has 20 nitrogen and oxygen atoms in total. The van der Waals surface area contributed by atoms with Gasteiger partial charge in [-0.25, -0.2) is 0 Å². The van der Waals surface area contributed by atoms with Crippen molar-refractivity contribution in [3.05, 3.63) is 24.8 Å². The number of guanidine groups is 3. The molecule has 0 unspecified atom stereocenters. The molecule has 1 amide bonds. The van der Waals surface area contributed by atoms with Crippen LogP contribution in [0.15, 0.2) is 39.8 Å². The van der Waals surface area contributed by atoms with Gasteiger partial charge in [-0.05, 0) is 19.3 Å². The smallest absolute Gasteiger partial charge is 0.220 e. The summed E-state index contributed by atoms with van der Waals surface area (Å²) in [7, 11) is 7.90. The number of unbranched alkanes of at least 4 members (excludes halogenated alkanes) is 35. The molecule has 0 fully saturated rings. The van der Waals surface area contributed by atoms with Gasteiger partial charge in [-0.1, -0.05) is 259 Å². The molecule has 0 aliphatic heterocycles. The van der Waals surface area contributed by atoms with E-state index in [1.807, 2.05) is 38.0 Å². The second kappa shape index (κ2) is 82.8. The number of carbonyl (C=O) groups excluding carboxylic acids is 1. The maximum atomic E-state index is 12.0. The van der Waals surface area contributed by atoms with E-state index in [-0.39, 0.29) is 29.6 Å². The van der Waals surface area contributed by atoms with Gasteiger partial charge in [0, 0.05) is 120 Å². The van der Waals surface area contributed by atoms with Gasteiger partial charge in [-0.2, -0.15) is 0 Å². The van der Waals surface area contributed by atoms with Gasteiger partial charge in [0.2, 0.25) is 5.91 Å². The van der Waals surface area contributed by atoms with Crippen molar-refractivity contribution in [3.8, 4) is 0 Å². The molecule has 88 heavy (non-hydrogen) atoms. The fourth-order valence-corrected chi connectivity index (χ4v) is 9.18. The highest BCUT2D eigenvalue weighted by atomic mass is 16.1. The summed E-state index contributed by atoms with van der Waals surface area (Å²) in [6, 6.07) is 0. The van der Waals surface area contributed by atoms with Crippen LogP contribution in [0.2, 0.25) is 0 Å². The molecule has 0 saturated heterocycles. The molecule has 0 radical (unpaired) electrons. The zero-order valence-electron chi connectivity index (χ0n) is 59.2. The van der Waals surface area contributed by atoms with Gasteiger partial charge in [0.15, 0.2) is 17.9 Å². The highest BCUT2D eigenvalue weighted by Gasteiger charge is 2.02. The summed E-state index contributed by atoms with van der Waals surface area (Å²) >= 11 is 0. The van der Waals surface area contributed by atoms with Gasteiger partial charge < -0.3 is 87.6 Å². The van der Waals surface area contributed by atoms with Crippen LogP contribution in [-0.2, 0) is 4.79 Å². The number of carbonyl (C=O) groups is 1. The molecule has 0 heterocycles. The summed E-state index contributed by atoms with van der Waals surface area (Å²) < 4.78 is 0. The number of aliphatic imine (C=N–C) groups is 3. The number of hydrogen-bond donors (Lipinski definition) is 14. The zero-order valence-corrected chi connectivity index (χ0v) is 59.2. The number of nitrogens with zero attached hydrogens (tertiary/aromatic N) is 5. The van der Waals surface area contributed by atoms with Crippen molar-refractivity contribution >= 4 is 23.8 Å². The van der Waals surface area contributed by atoms with Crippen LogP contribution in [0, 0.1) is 0 Å². The van der Waals surface area contributed by atoms with Crippen LogP contribution in [0.5, 0.6) is 0 Å². The van der Waals surface area contributed by atoms with E-state index < -0.39 is 0 Å². The van der Waals surface area contributed by atoms with E-state index in [0.717, 1.165) is 104 Å². The Kier molecular flexibility index (Phi) is 87.0. The third kappa shape index (κ3) is 104. The molecule has 0 aromatic heterocycles. The molecule has 22 N–H and O–H groups in total. The average Bonchev–Trinajstić information content (AvgIpc) is 3.50. The van der Waals surface area contributed by atoms with Crippen LogP contribution >= 0.6 is 0 Å². The Balaban J connectivity index is -0.000000394. The van der Waals surface area contributed by atoms with Crippen molar-refractivity contribution < 1.29 is 4.79 Å². The van der Waals surface area contributed by atoms with E-state index in [0.29, 0.717) is 19.5 Å². The molecule has 0 bridgehead atoms. The number of nitrogens with one attached hydrogen (secondary N) is 6. The number of rotatable bonds is 61. The third-order valence-corrected chi connectivity index (χ3v) is 14.5. The minimum Gasteiger partial charge on any atom is -0.386 e. The normalized spacial score (nSPS) is 10.4. The van der Waals surface area contributed by atoms with Crippen molar-refractivity contribution in [2.24, 2.45) is 60.8 Å². The number of amides is 1. The Morgan fingerprint density at radius 1 is 0.307 bits per heavy atom. The standard InChI is InChI=1S/C30H67N9O.C17H37N3.C13H29N3.C6H14N2.C2H6N2/c1-2-3-4-5-6-7-8-9-10-11-12-13-14-15-16-29(40)38-27-25-36-23-21-34-19-17-33-18-20-35-22-24-37-26-28-39-30(31)32;1-2-3-4-5-6-7-8-9-10-11-12-13-14-15-16-20-17(18)19;1-2-3-4-5-6-7-8-9-10-11-12-16-13(14)15;1-6(7(2)3)8(4)5;1-2(3)4/h33-37H,2-28H2,1H3,(H,38,40)(H4,31,32,39);2-16H2,1H3,(H4,18,19,20);2-12H2,1H3,(H4,14,15,16);1H2,2-5H3;1,3-4H2. The molecule has 0 rings (SSSR count). The van der Waals surface area contributed by atoms with Crippen molar-refractivity contribution in [1.29, 1.82) is 0 Å². The number of hydrogen-bond acceptors (Lipinski definition) is 13. The molecule has 20 heteroatoms. The van der Waals surface area contributed by atoms with Gasteiger partial charge in [-0.15, -0.1) is 0 Å². The number of nitrogens with two attached hydrogens (primary N) is 8. The molecule has 0 spiro atoms. The average molecular weight is 1250 g/mol. The van der Waals surface area contributed by atoms with Crippen LogP contribution in [-0.4, -0.2) is 153 Å². The summed E-state index contributed by atoms with van der Waals surface area (Å²) in [5, 5.41) is 19.9. The highest BCUT2D eigenvalue weighted by Crippen LogP contribution is 2.15. The molecule has 526 valence electrons. The highest BCUT2D eigenvalue weighted by molar-refractivity contribution is 5.76. The SMILES string of the molecule is C=C(N(C)C)N(C)C.C=C(N)N.CCCCCCCCCCCCCCCCC(=O)NCCNCCNCCNCCNCCNCCN=C(N)N.CCCCCCCCCCCCCCCCN=C(N)N.CCCCCCCCCCCCN=C(N)N. The van der Waals surface area contributed by atoms with Crippen LogP contribution in [0.25, 0.3) is 0 Å². The van der Waals surface area contributed by atoms with E-state index in [9.17, 15) is 4.79 Å². The van der Waals surface area contributed by atoms with Crippen molar-refractivity contribution in [2.45, 2.75) is 271 Å². The van der Waals surface area contributed by atoms with Crippen molar-refractivity contribution in [3.63, 3.8) is 0 Å². The van der Waals surface area contributed by atoms with Gasteiger partial charge in [-0.3, -0.25) is 19.8 Å². The molecule has 0 aliphatic carbocycles. The van der Waals surface area contributed by atoms with Gasteiger partial charge >= 0.3 is 0 Å². The Bertz CT molecular complexity index is 1460. The first-order chi connectivity index (χ1) is 42.5. The van der Waals surface area contributed by atoms with Crippen molar-refractivity contribution in [2.75, 3.05) is 120 Å². The lowest BCUT2D eigenvalue weighted by Crippen LogP contribution is -2.38. The zero-order chi connectivity index (χ0) is 66.5. The predicted octanol–water partition coefficient (Wildman–Crippen LogP) is 10.1. The lowest BCUT2D eigenvalue weighted by molar-refractivity contribution is -0.121. The van der Waals surface area contributed by atoms with Gasteiger partial charge in [0.05, 0.1) is 18.2 Å². The largest absolute Gasteiger partial charge is 0.386 e. The van der Waals surface area contributed by atoms with Crippen LogP contribution in [0.3, 0.4) is 0 Å². The summed E-state index contributed by atoms with van der Waals surface area (Å²) in [6.07, 6.45) is 52.3. The Morgan fingerprint density at radius 2 is 0.511 bits per heavy atom. The predicted molar refractivity (Wildman–Crippen MR) is 391 cm³/mol. The fraction of sp³-hybridized carbons (Fsp3) is 0.882. The lowest BCUT2D eigenvalue weighted by atomic mass is 10.0. The second-order valence-electron chi connectivity index (χ2n) is 23.9. The topological polar surface area (TPSA) is 341 Å². The Hall–Kier alpha value is -4.24. The summed E-state index contributed by atoms with van der Waals surface area (Å²) in [5.41, 5.74) is 41.0. The minimum atomic E-state index is 0.141. The quantitative estimate of drug-likeness (QED) is 0.0153. The van der Waals surface area contributed by atoms with E-state index in [1.165, 1.54) is 225 Å². The fourth-order valence-electron chi connectivity index (χ4n) is 9.18. The summed E-state index contributed by atoms with van der Waals surface area (Å²) in [6.45, 7) is 25.7. The first-order valence-electron chi connectivity index (χ1n) is 35.7. The monoisotopic (exact) mass is 1250 g/mol. The Morgan fingerprint density at radius 3 is 0.739 bits per heavy atom. The van der Waals surface area contributed by atoms with E-state index >= 15 is 0 Å². The first kappa shape index (κ1) is 92.5. The maximum Gasteiger partial charge on any atom is 0.220 e.